The van der Waals surface area contributed by atoms with Gasteiger partial charge in [0.25, 0.3) is 0 Å². The summed E-state index contributed by atoms with van der Waals surface area (Å²) in [6, 6.07) is 6.26. The lowest BCUT2D eigenvalue weighted by molar-refractivity contribution is 0.0696. The van der Waals surface area contributed by atoms with E-state index in [1.807, 2.05) is 19.1 Å². The highest BCUT2D eigenvalue weighted by molar-refractivity contribution is 5.89. The van der Waals surface area contributed by atoms with Crippen molar-refractivity contribution >= 4 is 5.97 Å². The summed E-state index contributed by atoms with van der Waals surface area (Å²) in [5.41, 5.74) is 2.27. The summed E-state index contributed by atoms with van der Waals surface area (Å²) in [5, 5.41) is 12.3. The third kappa shape index (κ3) is 2.57. The van der Waals surface area contributed by atoms with Crippen LogP contribution in [0.4, 0.5) is 0 Å². The number of benzene rings is 1. The summed E-state index contributed by atoms with van der Waals surface area (Å²) < 4.78 is 0. The van der Waals surface area contributed by atoms with Gasteiger partial charge in [-0.1, -0.05) is 12.1 Å². The third-order valence-electron chi connectivity index (χ3n) is 2.70. The van der Waals surface area contributed by atoms with Crippen LogP contribution in [0.3, 0.4) is 0 Å². The van der Waals surface area contributed by atoms with E-state index in [1.165, 1.54) is 12.8 Å². The standard InChI is InChI=1S/C12H15NO2/c1-8-2-3-9(6-11(8)12(14)15)7-13-10-4-5-10/h2-3,6,10,13H,4-5,7H2,1H3,(H,14,15). The van der Waals surface area contributed by atoms with Crippen molar-refractivity contribution in [2.45, 2.75) is 32.4 Å². The van der Waals surface area contributed by atoms with E-state index in [4.69, 9.17) is 5.11 Å². The van der Waals surface area contributed by atoms with Crippen LogP contribution < -0.4 is 5.32 Å². The molecule has 0 aromatic heterocycles. The van der Waals surface area contributed by atoms with Crippen LogP contribution in [0.1, 0.15) is 34.3 Å². The number of hydrogen-bond donors (Lipinski definition) is 2. The van der Waals surface area contributed by atoms with Gasteiger partial charge in [-0.3, -0.25) is 0 Å². The summed E-state index contributed by atoms with van der Waals surface area (Å²) in [6.07, 6.45) is 2.50. The van der Waals surface area contributed by atoms with E-state index in [2.05, 4.69) is 5.32 Å². The van der Waals surface area contributed by atoms with E-state index in [1.54, 1.807) is 6.07 Å². The van der Waals surface area contributed by atoms with Crippen LogP contribution in [-0.2, 0) is 6.54 Å². The van der Waals surface area contributed by atoms with E-state index >= 15 is 0 Å². The van der Waals surface area contributed by atoms with Crippen molar-refractivity contribution in [3.63, 3.8) is 0 Å². The van der Waals surface area contributed by atoms with Crippen LogP contribution in [0.2, 0.25) is 0 Å². The molecule has 1 aliphatic carbocycles. The first-order valence-electron chi connectivity index (χ1n) is 5.23. The molecule has 1 saturated carbocycles. The van der Waals surface area contributed by atoms with Gasteiger partial charge in [-0.25, -0.2) is 4.79 Å². The molecule has 3 heteroatoms. The number of carboxylic acid groups (broad SMARTS) is 1. The van der Waals surface area contributed by atoms with Crippen molar-refractivity contribution in [1.29, 1.82) is 0 Å². The van der Waals surface area contributed by atoms with Crippen molar-refractivity contribution in [2.24, 2.45) is 0 Å². The Labute approximate surface area is 89.1 Å². The van der Waals surface area contributed by atoms with Crippen molar-refractivity contribution < 1.29 is 9.90 Å². The molecule has 1 fully saturated rings. The number of aryl methyl sites for hydroxylation is 1. The monoisotopic (exact) mass is 205 g/mol. The fourth-order valence-corrected chi connectivity index (χ4v) is 1.56. The molecular formula is C12H15NO2. The minimum atomic E-state index is -0.847. The van der Waals surface area contributed by atoms with Gasteiger partial charge < -0.3 is 10.4 Å². The molecule has 0 radical (unpaired) electrons. The molecule has 1 aromatic carbocycles. The van der Waals surface area contributed by atoms with E-state index in [0.29, 0.717) is 11.6 Å². The van der Waals surface area contributed by atoms with Crippen LogP contribution in [0.15, 0.2) is 18.2 Å². The number of hydrogen-bond acceptors (Lipinski definition) is 2. The smallest absolute Gasteiger partial charge is 0.335 e. The fraction of sp³-hybridized carbons (Fsp3) is 0.417. The van der Waals surface area contributed by atoms with Gasteiger partial charge in [-0.2, -0.15) is 0 Å². The Balaban J connectivity index is 2.10. The zero-order chi connectivity index (χ0) is 10.8. The van der Waals surface area contributed by atoms with Crippen LogP contribution in [0, 0.1) is 6.92 Å². The van der Waals surface area contributed by atoms with Crippen LogP contribution in [0.25, 0.3) is 0 Å². The van der Waals surface area contributed by atoms with Crippen molar-refractivity contribution in [1.82, 2.24) is 5.32 Å². The maximum Gasteiger partial charge on any atom is 0.335 e. The van der Waals surface area contributed by atoms with Crippen molar-refractivity contribution in [2.75, 3.05) is 0 Å². The second kappa shape index (κ2) is 4.03. The first-order valence-corrected chi connectivity index (χ1v) is 5.23. The number of aromatic carboxylic acids is 1. The van der Waals surface area contributed by atoms with Crippen molar-refractivity contribution in [3.05, 3.63) is 34.9 Å². The molecule has 1 aromatic rings. The maximum atomic E-state index is 10.9. The average Bonchev–Trinajstić information content (AvgIpc) is 3.00. The van der Waals surface area contributed by atoms with Crippen LogP contribution in [0.5, 0.6) is 0 Å². The van der Waals surface area contributed by atoms with Gasteiger partial charge in [0.05, 0.1) is 5.56 Å². The molecule has 0 bridgehead atoms. The van der Waals surface area contributed by atoms with Gasteiger partial charge in [0.2, 0.25) is 0 Å². The van der Waals surface area contributed by atoms with Gasteiger partial charge in [0, 0.05) is 12.6 Å². The molecule has 0 heterocycles. The van der Waals surface area contributed by atoms with E-state index in [9.17, 15) is 4.79 Å². The first kappa shape index (κ1) is 10.2. The van der Waals surface area contributed by atoms with Gasteiger partial charge in [0.15, 0.2) is 0 Å². The summed E-state index contributed by atoms with van der Waals surface area (Å²) in [6.45, 7) is 2.59. The zero-order valence-corrected chi connectivity index (χ0v) is 8.79. The van der Waals surface area contributed by atoms with E-state index < -0.39 is 5.97 Å². The molecule has 0 atom stereocenters. The molecule has 2 rings (SSSR count). The third-order valence-corrected chi connectivity index (χ3v) is 2.70. The minimum Gasteiger partial charge on any atom is -0.478 e. The highest BCUT2D eigenvalue weighted by atomic mass is 16.4. The summed E-state index contributed by atoms with van der Waals surface area (Å²) in [7, 11) is 0. The normalized spacial score (nSPS) is 15.3. The number of carbonyl (C=O) groups is 1. The van der Waals surface area contributed by atoms with Crippen LogP contribution in [-0.4, -0.2) is 17.1 Å². The molecule has 0 amide bonds. The Hall–Kier alpha value is -1.35. The Morgan fingerprint density at radius 1 is 1.53 bits per heavy atom. The minimum absolute atomic E-state index is 0.407. The molecule has 0 saturated heterocycles. The molecular weight excluding hydrogens is 190 g/mol. The van der Waals surface area contributed by atoms with E-state index in [0.717, 1.165) is 17.7 Å². The molecule has 2 N–H and O–H groups in total. The second-order valence-corrected chi connectivity index (χ2v) is 4.11. The Bertz CT molecular complexity index is 383. The predicted molar refractivity (Wildman–Crippen MR) is 58.0 cm³/mol. The zero-order valence-electron chi connectivity index (χ0n) is 8.79. The first-order chi connectivity index (χ1) is 7.16. The second-order valence-electron chi connectivity index (χ2n) is 4.11. The summed E-state index contributed by atoms with van der Waals surface area (Å²) in [4.78, 5) is 10.9. The number of rotatable bonds is 4. The predicted octanol–water partition coefficient (Wildman–Crippen LogP) is 1.95. The van der Waals surface area contributed by atoms with E-state index in [-0.39, 0.29) is 0 Å². The molecule has 80 valence electrons. The molecule has 0 unspecified atom stereocenters. The van der Waals surface area contributed by atoms with Crippen LogP contribution >= 0.6 is 0 Å². The highest BCUT2D eigenvalue weighted by Crippen LogP contribution is 2.19. The lowest BCUT2D eigenvalue weighted by Crippen LogP contribution is -2.15. The average molecular weight is 205 g/mol. The Kier molecular flexibility index (Phi) is 2.73. The Morgan fingerprint density at radius 3 is 2.87 bits per heavy atom. The quantitative estimate of drug-likeness (QED) is 0.789. The van der Waals surface area contributed by atoms with Gasteiger partial charge >= 0.3 is 5.97 Å². The molecule has 0 aliphatic heterocycles. The highest BCUT2D eigenvalue weighted by Gasteiger charge is 2.20. The van der Waals surface area contributed by atoms with Gasteiger partial charge in [0.1, 0.15) is 0 Å². The van der Waals surface area contributed by atoms with Gasteiger partial charge in [-0.15, -0.1) is 0 Å². The molecule has 1 aliphatic rings. The molecule has 15 heavy (non-hydrogen) atoms. The summed E-state index contributed by atoms with van der Waals surface area (Å²) >= 11 is 0. The number of carboxylic acids is 1. The molecule has 0 spiro atoms. The fourth-order valence-electron chi connectivity index (χ4n) is 1.56. The lowest BCUT2D eigenvalue weighted by atomic mass is 10.1. The lowest BCUT2D eigenvalue weighted by Gasteiger charge is -2.06. The maximum absolute atomic E-state index is 10.9. The Morgan fingerprint density at radius 2 is 2.27 bits per heavy atom. The largest absolute Gasteiger partial charge is 0.478 e. The number of nitrogens with one attached hydrogen (secondary N) is 1. The SMILES string of the molecule is Cc1ccc(CNC2CC2)cc1C(=O)O. The van der Waals surface area contributed by atoms with Gasteiger partial charge in [-0.05, 0) is 37.0 Å². The summed E-state index contributed by atoms with van der Waals surface area (Å²) in [5.74, 6) is -0.847. The van der Waals surface area contributed by atoms with Crippen molar-refractivity contribution in [3.8, 4) is 0 Å². The molecule has 3 nitrogen and oxygen atoms in total. The topological polar surface area (TPSA) is 49.3 Å².